The first-order chi connectivity index (χ1) is 13.5. The molecule has 0 bridgehead atoms. The van der Waals surface area contributed by atoms with E-state index in [2.05, 4.69) is 17.2 Å². The van der Waals surface area contributed by atoms with Gasteiger partial charge in [0.25, 0.3) is 11.8 Å². The van der Waals surface area contributed by atoms with Gasteiger partial charge in [0.2, 0.25) is 0 Å². The molecule has 2 aromatic rings. The minimum Gasteiger partial charge on any atom is -0.484 e. The zero-order valence-electron chi connectivity index (χ0n) is 16.9. The third-order valence-electron chi connectivity index (χ3n) is 4.33. The van der Waals surface area contributed by atoms with Crippen LogP contribution in [-0.2, 0) is 11.2 Å². The standard InChI is InChI=1S/C22H29N3O3/c1-4-6-18-8-10-20(11-9-18)28-16-21(26)25(17(2)3)14-13-24-22(27)19-7-5-12-23-15-19/h5,7-12,15,17H,4,6,13-14,16H2,1-3H3,(H,24,27). The highest BCUT2D eigenvalue weighted by atomic mass is 16.5. The Hall–Kier alpha value is -2.89. The number of benzene rings is 1. The van der Waals surface area contributed by atoms with Crippen LogP contribution in [0, 0.1) is 0 Å². The second kappa shape index (κ2) is 11.1. The Kier molecular flexibility index (Phi) is 8.46. The van der Waals surface area contributed by atoms with Crippen molar-refractivity contribution in [3.63, 3.8) is 0 Å². The van der Waals surface area contributed by atoms with Gasteiger partial charge in [-0.3, -0.25) is 14.6 Å². The number of ether oxygens (including phenoxy) is 1. The first kappa shape index (κ1) is 21.4. The first-order valence-electron chi connectivity index (χ1n) is 9.70. The second-order valence-electron chi connectivity index (χ2n) is 6.86. The molecule has 2 rings (SSSR count). The molecule has 1 N–H and O–H groups in total. The third-order valence-corrected chi connectivity index (χ3v) is 4.33. The molecule has 0 saturated heterocycles. The molecule has 6 nitrogen and oxygen atoms in total. The van der Waals surface area contributed by atoms with Crippen LogP contribution in [0.1, 0.15) is 43.1 Å². The van der Waals surface area contributed by atoms with E-state index in [1.54, 1.807) is 23.2 Å². The molecule has 0 aliphatic rings. The summed E-state index contributed by atoms with van der Waals surface area (Å²) in [6, 6.07) is 11.3. The van der Waals surface area contributed by atoms with E-state index in [9.17, 15) is 9.59 Å². The van der Waals surface area contributed by atoms with Crippen molar-refractivity contribution in [3.8, 4) is 5.75 Å². The summed E-state index contributed by atoms with van der Waals surface area (Å²) in [6.07, 6.45) is 5.26. The Balaban J connectivity index is 1.81. The van der Waals surface area contributed by atoms with Crippen molar-refractivity contribution in [1.82, 2.24) is 15.2 Å². The van der Waals surface area contributed by atoms with Crippen LogP contribution in [0.5, 0.6) is 5.75 Å². The van der Waals surface area contributed by atoms with E-state index < -0.39 is 0 Å². The van der Waals surface area contributed by atoms with Gasteiger partial charge in [0.1, 0.15) is 5.75 Å². The molecule has 0 radical (unpaired) electrons. The van der Waals surface area contributed by atoms with Gasteiger partial charge in [0, 0.05) is 31.5 Å². The lowest BCUT2D eigenvalue weighted by atomic mass is 10.1. The van der Waals surface area contributed by atoms with Crippen LogP contribution in [0.15, 0.2) is 48.8 Å². The zero-order chi connectivity index (χ0) is 20.4. The van der Waals surface area contributed by atoms with Crippen LogP contribution in [0.2, 0.25) is 0 Å². The molecular formula is C22H29N3O3. The van der Waals surface area contributed by atoms with E-state index in [1.807, 2.05) is 38.1 Å². The fourth-order valence-electron chi connectivity index (χ4n) is 2.83. The van der Waals surface area contributed by atoms with Crippen molar-refractivity contribution in [2.75, 3.05) is 19.7 Å². The maximum atomic E-state index is 12.6. The lowest BCUT2D eigenvalue weighted by Crippen LogP contribution is -2.44. The normalized spacial score (nSPS) is 10.6. The van der Waals surface area contributed by atoms with Crippen molar-refractivity contribution in [2.24, 2.45) is 0 Å². The second-order valence-corrected chi connectivity index (χ2v) is 6.86. The fraction of sp³-hybridized carbons (Fsp3) is 0.409. The molecule has 1 heterocycles. The smallest absolute Gasteiger partial charge is 0.260 e. The van der Waals surface area contributed by atoms with Gasteiger partial charge in [-0.2, -0.15) is 0 Å². The number of rotatable bonds is 10. The summed E-state index contributed by atoms with van der Waals surface area (Å²) in [5.74, 6) is 0.373. The number of carbonyl (C=O) groups excluding carboxylic acids is 2. The largest absolute Gasteiger partial charge is 0.484 e. The van der Waals surface area contributed by atoms with E-state index in [0.29, 0.717) is 24.4 Å². The number of hydrogen-bond acceptors (Lipinski definition) is 4. The molecule has 0 unspecified atom stereocenters. The molecule has 0 aliphatic carbocycles. The summed E-state index contributed by atoms with van der Waals surface area (Å²) in [5.41, 5.74) is 1.76. The lowest BCUT2D eigenvalue weighted by molar-refractivity contribution is -0.135. The highest BCUT2D eigenvalue weighted by molar-refractivity contribution is 5.93. The van der Waals surface area contributed by atoms with Gasteiger partial charge in [-0.15, -0.1) is 0 Å². The number of amides is 2. The molecule has 0 saturated carbocycles. The Bertz CT molecular complexity index is 745. The van der Waals surface area contributed by atoms with Gasteiger partial charge in [0.05, 0.1) is 5.56 Å². The Morgan fingerprint density at radius 2 is 1.93 bits per heavy atom. The Morgan fingerprint density at radius 3 is 2.54 bits per heavy atom. The van der Waals surface area contributed by atoms with Crippen LogP contribution in [0.3, 0.4) is 0 Å². The molecule has 6 heteroatoms. The third kappa shape index (κ3) is 6.68. The van der Waals surface area contributed by atoms with Gasteiger partial charge in [-0.1, -0.05) is 25.5 Å². The average Bonchev–Trinajstić information content (AvgIpc) is 2.71. The first-order valence-corrected chi connectivity index (χ1v) is 9.70. The van der Waals surface area contributed by atoms with Crippen LogP contribution >= 0.6 is 0 Å². The number of nitrogens with one attached hydrogen (secondary N) is 1. The number of aryl methyl sites for hydroxylation is 1. The lowest BCUT2D eigenvalue weighted by Gasteiger charge is -2.27. The van der Waals surface area contributed by atoms with Crippen molar-refractivity contribution < 1.29 is 14.3 Å². The minimum absolute atomic E-state index is 0.0123. The summed E-state index contributed by atoms with van der Waals surface area (Å²) >= 11 is 0. The predicted octanol–water partition coefficient (Wildman–Crippen LogP) is 3.08. The predicted molar refractivity (Wildman–Crippen MR) is 109 cm³/mol. The minimum atomic E-state index is -0.201. The van der Waals surface area contributed by atoms with Gasteiger partial charge < -0.3 is 15.0 Å². The molecule has 1 aromatic carbocycles. The van der Waals surface area contributed by atoms with E-state index in [4.69, 9.17) is 4.74 Å². The van der Waals surface area contributed by atoms with E-state index in [-0.39, 0.29) is 24.5 Å². The Labute approximate surface area is 166 Å². The van der Waals surface area contributed by atoms with Gasteiger partial charge in [-0.05, 0) is 50.1 Å². The molecule has 0 aliphatic heterocycles. The molecule has 1 aromatic heterocycles. The summed E-state index contributed by atoms with van der Waals surface area (Å²) in [6.45, 7) is 6.79. The highest BCUT2D eigenvalue weighted by Gasteiger charge is 2.17. The quantitative estimate of drug-likeness (QED) is 0.684. The number of nitrogens with zero attached hydrogens (tertiary/aromatic N) is 2. The molecular weight excluding hydrogens is 354 g/mol. The molecule has 0 spiro atoms. The Morgan fingerprint density at radius 1 is 1.18 bits per heavy atom. The maximum Gasteiger partial charge on any atom is 0.260 e. The van der Waals surface area contributed by atoms with Crippen molar-refractivity contribution in [3.05, 3.63) is 59.9 Å². The van der Waals surface area contributed by atoms with Crippen molar-refractivity contribution in [1.29, 1.82) is 0 Å². The summed E-state index contributed by atoms with van der Waals surface area (Å²) < 4.78 is 5.64. The molecule has 0 atom stereocenters. The monoisotopic (exact) mass is 383 g/mol. The van der Waals surface area contributed by atoms with Gasteiger partial charge in [0.15, 0.2) is 6.61 Å². The SMILES string of the molecule is CCCc1ccc(OCC(=O)N(CCNC(=O)c2cccnc2)C(C)C)cc1. The molecule has 2 amide bonds. The van der Waals surface area contributed by atoms with Gasteiger partial charge in [-0.25, -0.2) is 0 Å². The number of hydrogen-bond donors (Lipinski definition) is 1. The van der Waals surface area contributed by atoms with E-state index in [1.165, 1.54) is 11.8 Å². The van der Waals surface area contributed by atoms with E-state index >= 15 is 0 Å². The summed E-state index contributed by atoms with van der Waals surface area (Å²) in [5, 5.41) is 2.82. The number of carbonyl (C=O) groups is 2. The zero-order valence-corrected chi connectivity index (χ0v) is 16.9. The topological polar surface area (TPSA) is 71.5 Å². The number of pyridine rings is 1. The van der Waals surface area contributed by atoms with Crippen LogP contribution in [-0.4, -0.2) is 47.4 Å². The summed E-state index contributed by atoms with van der Waals surface area (Å²) in [4.78, 5) is 30.3. The maximum absolute atomic E-state index is 12.6. The van der Waals surface area contributed by atoms with E-state index in [0.717, 1.165) is 12.8 Å². The van der Waals surface area contributed by atoms with Crippen LogP contribution in [0.25, 0.3) is 0 Å². The van der Waals surface area contributed by atoms with Crippen LogP contribution < -0.4 is 10.1 Å². The van der Waals surface area contributed by atoms with Crippen molar-refractivity contribution >= 4 is 11.8 Å². The highest BCUT2D eigenvalue weighted by Crippen LogP contribution is 2.13. The molecule has 150 valence electrons. The fourth-order valence-corrected chi connectivity index (χ4v) is 2.83. The van der Waals surface area contributed by atoms with Crippen molar-refractivity contribution in [2.45, 2.75) is 39.7 Å². The molecule has 0 fully saturated rings. The van der Waals surface area contributed by atoms with Crippen LogP contribution in [0.4, 0.5) is 0 Å². The summed E-state index contributed by atoms with van der Waals surface area (Å²) in [7, 11) is 0. The molecule has 28 heavy (non-hydrogen) atoms. The van der Waals surface area contributed by atoms with Gasteiger partial charge >= 0.3 is 0 Å². The number of aromatic nitrogens is 1. The average molecular weight is 383 g/mol.